The van der Waals surface area contributed by atoms with Gasteiger partial charge in [-0.3, -0.25) is 9.59 Å². The summed E-state index contributed by atoms with van der Waals surface area (Å²) in [5, 5.41) is 4.43. The Morgan fingerprint density at radius 2 is 1.92 bits per heavy atom. The van der Waals surface area contributed by atoms with Gasteiger partial charge in [-0.1, -0.05) is 0 Å². The van der Waals surface area contributed by atoms with E-state index in [-0.39, 0.29) is 11.1 Å². The molecule has 26 heavy (non-hydrogen) atoms. The second-order valence-corrected chi connectivity index (χ2v) is 6.28. The van der Waals surface area contributed by atoms with Crippen molar-refractivity contribution < 1.29 is 28.6 Å². The summed E-state index contributed by atoms with van der Waals surface area (Å²) in [7, 11) is 0. The topological polar surface area (TPSA) is 117 Å². The molecule has 0 fully saturated rings. The number of hydrogen-bond donors (Lipinski definition) is 2. The van der Waals surface area contributed by atoms with E-state index in [1.165, 1.54) is 18.2 Å². The van der Waals surface area contributed by atoms with E-state index in [2.05, 4.69) is 5.32 Å². The van der Waals surface area contributed by atoms with Crippen LogP contribution in [0.15, 0.2) is 29.6 Å². The van der Waals surface area contributed by atoms with Gasteiger partial charge in [0.1, 0.15) is 5.00 Å². The van der Waals surface area contributed by atoms with Crippen LogP contribution in [0.25, 0.3) is 0 Å². The molecule has 9 heteroatoms. The van der Waals surface area contributed by atoms with Crippen LogP contribution in [-0.2, 0) is 9.53 Å². The zero-order valence-corrected chi connectivity index (χ0v) is 14.5. The van der Waals surface area contributed by atoms with Crippen molar-refractivity contribution in [2.45, 2.75) is 6.42 Å². The molecule has 0 radical (unpaired) electrons. The fourth-order valence-corrected chi connectivity index (χ4v) is 3.08. The highest BCUT2D eigenvalue weighted by atomic mass is 32.1. The molecule has 3 N–H and O–H groups in total. The Kier molecular flexibility index (Phi) is 5.37. The van der Waals surface area contributed by atoms with Gasteiger partial charge in [0.15, 0.2) is 18.1 Å². The van der Waals surface area contributed by atoms with Crippen molar-refractivity contribution in [1.29, 1.82) is 0 Å². The second-order valence-electron chi connectivity index (χ2n) is 5.36. The molecule has 0 saturated carbocycles. The standard InChI is InChI=1S/C17H16N2O6S/c18-15(21)11-4-7-26-16(11)19-14(20)9-25-17(22)10-2-3-12-13(8-10)24-6-1-5-23-12/h2-4,7-8H,1,5-6,9H2,(H2,18,21)(H,19,20). The molecule has 0 spiro atoms. The molecule has 0 atom stereocenters. The molecule has 0 saturated heterocycles. The van der Waals surface area contributed by atoms with Gasteiger partial charge in [-0.2, -0.15) is 0 Å². The third-order valence-electron chi connectivity index (χ3n) is 3.50. The first-order valence-electron chi connectivity index (χ1n) is 7.78. The molecule has 1 aliphatic heterocycles. The highest BCUT2D eigenvalue weighted by Crippen LogP contribution is 2.30. The van der Waals surface area contributed by atoms with E-state index in [0.717, 1.165) is 17.8 Å². The molecular weight excluding hydrogens is 360 g/mol. The van der Waals surface area contributed by atoms with Gasteiger partial charge in [0, 0.05) is 6.42 Å². The van der Waals surface area contributed by atoms with E-state index in [9.17, 15) is 14.4 Å². The zero-order chi connectivity index (χ0) is 18.5. The molecule has 0 aliphatic carbocycles. The maximum Gasteiger partial charge on any atom is 0.338 e. The van der Waals surface area contributed by atoms with Crippen LogP contribution in [0.1, 0.15) is 27.1 Å². The number of carbonyl (C=O) groups is 3. The average Bonchev–Trinajstić information content (AvgIpc) is 2.95. The van der Waals surface area contributed by atoms with Crippen LogP contribution < -0.4 is 20.5 Å². The van der Waals surface area contributed by atoms with E-state index >= 15 is 0 Å². The van der Waals surface area contributed by atoms with Crippen molar-refractivity contribution in [3.8, 4) is 11.5 Å². The van der Waals surface area contributed by atoms with E-state index in [4.69, 9.17) is 19.9 Å². The lowest BCUT2D eigenvalue weighted by Crippen LogP contribution is -2.22. The van der Waals surface area contributed by atoms with E-state index in [1.54, 1.807) is 11.4 Å². The maximum atomic E-state index is 12.1. The van der Waals surface area contributed by atoms with Crippen LogP contribution in [-0.4, -0.2) is 37.6 Å². The average molecular weight is 376 g/mol. The lowest BCUT2D eigenvalue weighted by molar-refractivity contribution is -0.119. The number of primary amides is 1. The zero-order valence-electron chi connectivity index (χ0n) is 13.7. The number of nitrogens with one attached hydrogen (secondary N) is 1. The summed E-state index contributed by atoms with van der Waals surface area (Å²) in [6.07, 6.45) is 0.755. The van der Waals surface area contributed by atoms with Gasteiger partial charge in [0.25, 0.3) is 11.8 Å². The first kappa shape index (κ1) is 17.7. The lowest BCUT2D eigenvalue weighted by atomic mass is 10.2. The van der Waals surface area contributed by atoms with Crippen LogP contribution in [0.5, 0.6) is 11.5 Å². The SMILES string of the molecule is NC(=O)c1ccsc1NC(=O)COC(=O)c1ccc2c(c1)OCCCO2. The van der Waals surface area contributed by atoms with Gasteiger partial charge >= 0.3 is 5.97 Å². The van der Waals surface area contributed by atoms with Crippen LogP contribution in [0.2, 0.25) is 0 Å². The molecule has 0 bridgehead atoms. The van der Waals surface area contributed by atoms with Gasteiger partial charge in [-0.25, -0.2) is 4.79 Å². The Labute approximate surface area is 152 Å². The molecule has 1 aromatic heterocycles. The number of amides is 2. The van der Waals surface area contributed by atoms with Crippen LogP contribution in [0.3, 0.4) is 0 Å². The maximum absolute atomic E-state index is 12.1. The molecule has 2 heterocycles. The van der Waals surface area contributed by atoms with Crippen molar-refractivity contribution in [1.82, 2.24) is 0 Å². The Balaban J connectivity index is 1.58. The third kappa shape index (κ3) is 4.12. The number of thiophene rings is 1. The molecule has 0 unspecified atom stereocenters. The number of nitrogens with two attached hydrogens (primary N) is 1. The number of fused-ring (bicyclic) bond motifs is 1. The molecule has 8 nitrogen and oxygen atoms in total. The lowest BCUT2D eigenvalue weighted by Gasteiger charge is -2.09. The van der Waals surface area contributed by atoms with Gasteiger partial charge in [-0.05, 0) is 29.6 Å². The van der Waals surface area contributed by atoms with E-state index in [0.29, 0.717) is 29.7 Å². The minimum atomic E-state index is -0.669. The predicted molar refractivity (Wildman–Crippen MR) is 93.8 cm³/mol. The van der Waals surface area contributed by atoms with E-state index in [1.807, 2.05) is 0 Å². The summed E-state index contributed by atoms with van der Waals surface area (Å²) in [5.74, 6) is -0.861. The molecule has 2 aromatic rings. The number of esters is 1. The Hall–Kier alpha value is -3.07. The van der Waals surface area contributed by atoms with Crippen molar-refractivity contribution in [2.24, 2.45) is 5.73 Å². The molecule has 1 aromatic carbocycles. The highest BCUT2D eigenvalue weighted by molar-refractivity contribution is 7.14. The minimum Gasteiger partial charge on any atom is -0.490 e. The first-order chi connectivity index (χ1) is 12.5. The monoisotopic (exact) mass is 376 g/mol. The molecule has 3 rings (SSSR count). The Morgan fingerprint density at radius 3 is 2.69 bits per heavy atom. The largest absolute Gasteiger partial charge is 0.490 e. The van der Waals surface area contributed by atoms with Crippen LogP contribution in [0.4, 0.5) is 5.00 Å². The highest BCUT2D eigenvalue weighted by Gasteiger charge is 2.17. The fourth-order valence-electron chi connectivity index (χ4n) is 2.27. The van der Waals surface area contributed by atoms with Crippen molar-refractivity contribution in [2.75, 3.05) is 25.1 Å². The smallest absolute Gasteiger partial charge is 0.338 e. The summed E-state index contributed by atoms with van der Waals surface area (Å²) < 4.78 is 16.0. The number of rotatable bonds is 5. The minimum absolute atomic E-state index is 0.206. The summed E-state index contributed by atoms with van der Waals surface area (Å²) in [6, 6.07) is 6.19. The number of hydrogen-bond acceptors (Lipinski definition) is 7. The van der Waals surface area contributed by atoms with Gasteiger partial charge in [0.2, 0.25) is 0 Å². The molecular formula is C17H16N2O6S. The Morgan fingerprint density at radius 1 is 1.15 bits per heavy atom. The summed E-state index contributed by atoms with van der Waals surface area (Å²) >= 11 is 1.15. The number of anilines is 1. The predicted octanol–water partition coefficient (Wildman–Crippen LogP) is 1.80. The van der Waals surface area contributed by atoms with Crippen molar-refractivity contribution in [3.63, 3.8) is 0 Å². The molecule has 136 valence electrons. The quantitative estimate of drug-likeness (QED) is 0.769. The van der Waals surface area contributed by atoms with Gasteiger partial charge in [-0.15, -0.1) is 11.3 Å². The summed E-state index contributed by atoms with van der Waals surface area (Å²) in [4.78, 5) is 35.3. The summed E-state index contributed by atoms with van der Waals surface area (Å²) in [6.45, 7) is 0.549. The number of ether oxygens (including phenoxy) is 3. The van der Waals surface area contributed by atoms with Crippen molar-refractivity contribution >= 4 is 34.1 Å². The normalized spacial score (nSPS) is 12.8. The van der Waals surface area contributed by atoms with Crippen LogP contribution in [0, 0.1) is 0 Å². The Bertz CT molecular complexity index is 848. The fraction of sp³-hybridized carbons (Fsp3) is 0.235. The third-order valence-corrected chi connectivity index (χ3v) is 4.33. The van der Waals surface area contributed by atoms with Gasteiger partial charge < -0.3 is 25.3 Å². The van der Waals surface area contributed by atoms with Crippen LogP contribution >= 0.6 is 11.3 Å². The molecule has 1 aliphatic rings. The van der Waals surface area contributed by atoms with Crippen molar-refractivity contribution in [3.05, 3.63) is 40.8 Å². The first-order valence-corrected chi connectivity index (χ1v) is 8.66. The second kappa shape index (κ2) is 7.87. The number of benzene rings is 1. The number of carbonyl (C=O) groups excluding carboxylic acids is 3. The molecule has 2 amide bonds. The van der Waals surface area contributed by atoms with E-state index < -0.39 is 24.4 Å². The van der Waals surface area contributed by atoms with Gasteiger partial charge in [0.05, 0.1) is 24.3 Å². The summed E-state index contributed by atoms with van der Waals surface area (Å²) in [5.41, 5.74) is 5.66.